The van der Waals surface area contributed by atoms with E-state index in [0.717, 1.165) is 11.9 Å². The third-order valence-corrected chi connectivity index (χ3v) is 3.21. The van der Waals surface area contributed by atoms with Crippen molar-refractivity contribution in [3.63, 3.8) is 0 Å². The molecule has 0 atom stereocenters. The van der Waals surface area contributed by atoms with Crippen molar-refractivity contribution in [3.05, 3.63) is 48.2 Å². The molecule has 1 aromatic carbocycles. The fourth-order valence-corrected chi connectivity index (χ4v) is 2.17. The molecule has 0 radical (unpaired) electrons. The van der Waals surface area contributed by atoms with Gasteiger partial charge in [0.05, 0.1) is 18.1 Å². The van der Waals surface area contributed by atoms with Crippen molar-refractivity contribution >= 4 is 33.0 Å². The van der Waals surface area contributed by atoms with Gasteiger partial charge in [-0.3, -0.25) is 9.52 Å². The monoisotopic (exact) mass is 305 g/mol. The molecule has 1 heterocycles. The number of nitrogens with one attached hydrogen (secondary N) is 2. The molecule has 0 amide bonds. The number of carbonyl (C=O) groups is 1. The second-order valence-corrected chi connectivity index (χ2v) is 6.31. The van der Waals surface area contributed by atoms with Crippen molar-refractivity contribution in [1.82, 2.24) is 4.98 Å². The highest BCUT2D eigenvalue weighted by Gasteiger charge is 2.03. The Balaban J connectivity index is 2.08. The van der Waals surface area contributed by atoms with Crippen LogP contribution in [-0.2, 0) is 10.0 Å². The molecule has 2 aromatic rings. The van der Waals surface area contributed by atoms with E-state index < -0.39 is 10.0 Å². The van der Waals surface area contributed by atoms with Crippen LogP contribution in [0.4, 0.5) is 17.2 Å². The highest BCUT2D eigenvalue weighted by atomic mass is 32.2. The summed E-state index contributed by atoms with van der Waals surface area (Å²) in [6, 6.07) is 10.3. The van der Waals surface area contributed by atoms with Gasteiger partial charge in [0.1, 0.15) is 5.82 Å². The summed E-state index contributed by atoms with van der Waals surface area (Å²) in [7, 11) is -3.33. The predicted octanol–water partition coefficient (Wildman–Crippen LogP) is 2.40. The summed E-state index contributed by atoms with van der Waals surface area (Å²) in [5.41, 5.74) is 2.17. The number of nitrogens with zero attached hydrogens (tertiary/aromatic N) is 1. The fraction of sp³-hybridized carbons (Fsp3) is 0.143. The van der Waals surface area contributed by atoms with Crippen molar-refractivity contribution in [2.24, 2.45) is 0 Å². The average molecular weight is 305 g/mol. The molecular formula is C14H15N3O3S. The predicted molar refractivity (Wildman–Crippen MR) is 82.4 cm³/mol. The lowest BCUT2D eigenvalue weighted by Crippen LogP contribution is -2.10. The SMILES string of the molecule is CC(=O)c1ccc(Nc2ccc(NS(C)(=O)=O)nc2)cc1. The van der Waals surface area contributed by atoms with Crippen LogP contribution in [0.15, 0.2) is 42.6 Å². The molecule has 0 fully saturated rings. The van der Waals surface area contributed by atoms with E-state index in [0.29, 0.717) is 11.3 Å². The third-order valence-electron chi connectivity index (χ3n) is 2.63. The summed E-state index contributed by atoms with van der Waals surface area (Å²) in [4.78, 5) is 15.2. The van der Waals surface area contributed by atoms with E-state index in [1.807, 2.05) is 0 Å². The minimum atomic E-state index is -3.33. The highest BCUT2D eigenvalue weighted by molar-refractivity contribution is 7.92. The lowest BCUT2D eigenvalue weighted by atomic mass is 10.1. The van der Waals surface area contributed by atoms with Gasteiger partial charge in [-0.15, -0.1) is 0 Å². The van der Waals surface area contributed by atoms with Crippen LogP contribution in [0.5, 0.6) is 0 Å². The van der Waals surface area contributed by atoms with E-state index in [9.17, 15) is 13.2 Å². The van der Waals surface area contributed by atoms with Crippen LogP contribution in [0, 0.1) is 0 Å². The number of anilines is 3. The summed E-state index contributed by atoms with van der Waals surface area (Å²) >= 11 is 0. The highest BCUT2D eigenvalue weighted by Crippen LogP contribution is 2.18. The maximum Gasteiger partial charge on any atom is 0.230 e. The van der Waals surface area contributed by atoms with E-state index >= 15 is 0 Å². The summed E-state index contributed by atoms with van der Waals surface area (Å²) in [5.74, 6) is 0.273. The van der Waals surface area contributed by atoms with Crippen LogP contribution in [0.1, 0.15) is 17.3 Å². The zero-order valence-electron chi connectivity index (χ0n) is 11.6. The summed E-state index contributed by atoms with van der Waals surface area (Å²) in [5, 5.41) is 3.11. The number of Topliss-reactive ketones (excluding diaryl/α,β-unsaturated/α-hetero) is 1. The molecule has 0 saturated heterocycles. The molecule has 1 aromatic heterocycles. The number of carbonyl (C=O) groups excluding carboxylic acids is 1. The summed E-state index contributed by atoms with van der Waals surface area (Å²) in [6.07, 6.45) is 2.59. The minimum absolute atomic E-state index is 0.0134. The van der Waals surface area contributed by atoms with E-state index in [2.05, 4.69) is 15.0 Å². The Bertz CT molecular complexity index is 738. The molecule has 2 N–H and O–H groups in total. The van der Waals surface area contributed by atoms with Crippen molar-refractivity contribution < 1.29 is 13.2 Å². The first-order valence-electron chi connectivity index (χ1n) is 6.15. The molecule has 0 unspecified atom stereocenters. The standard InChI is InChI=1S/C14H15N3O3S/c1-10(18)11-3-5-12(6-4-11)16-13-7-8-14(15-9-13)17-21(2,19)20/h3-9,16H,1-2H3,(H,15,17). The molecule has 0 aliphatic rings. The molecule has 21 heavy (non-hydrogen) atoms. The van der Waals surface area contributed by atoms with Gasteiger partial charge in [-0.2, -0.15) is 0 Å². The number of rotatable bonds is 5. The van der Waals surface area contributed by atoms with Gasteiger partial charge in [-0.1, -0.05) is 0 Å². The van der Waals surface area contributed by atoms with E-state index in [1.54, 1.807) is 36.4 Å². The first-order valence-corrected chi connectivity index (χ1v) is 8.04. The molecule has 110 valence electrons. The lowest BCUT2D eigenvalue weighted by Gasteiger charge is -2.08. The molecular weight excluding hydrogens is 290 g/mol. The number of hydrogen-bond acceptors (Lipinski definition) is 5. The van der Waals surface area contributed by atoms with E-state index in [1.165, 1.54) is 13.1 Å². The second-order valence-electron chi connectivity index (χ2n) is 4.56. The normalized spacial score (nSPS) is 11.0. The van der Waals surface area contributed by atoms with Gasteiger partial charge in [0.2, 0.25) is 10.0 Å². The van der Waals surface area contributed by atoms with Crippen LogP contribution in [-0.4, -0.2) is 25.4 Å². The van der Waals surface area contributed by atoms with Gasteiger partial charge < -0.3 is 5.32 Å². The summed E-state index contributed by atoms with van der Waals surface area (Å²) < 4.78 is 24.4. The van der Waals surface area contributed by atoms with Crippen molar-refractivity contribution in [3.8, 4) is 0 Å². The largest absolute Gasteiger partial charge is 0.354 e. The second kappa shape index (κ2) is 5.92. The zero-order valence-corrected chi connectivity index (χ0v) is 12.4. The molecule has 0 spiro atoms. The quantitative estimate of drug-likeness (QED) is 0.828. The Labute approximate surface area is 123 Å². The van der Waals surface area contributed by atoms with Crippen molar-refractivity contribution in [2.45, 2.75) is 6.92 Å². The van der Waals surface area contributed by atoms with Crippen molar-refractivity contribution in [1.29, 1.82) is 0 Å². The maximum absolute atomic E-state index is 11.2. The smallest absolute Gasteiger partial charge is 0.230 e. The first kappa shape index (κ1) is 15.0. The lowest BCUT2D eigenvalue weighted by molar-refractivity contribution is 0.101. The fourth-order valence-electron chi connectivity index (χ4n) is 1.67. The molecule has 2 rings (SSSR count). The number of aromatic nitrogens is 1. The zero-order chi connectivity index (χ0) is 15.5. The van der Waals surface area contributed by atoms with Gasteiger partial charge >= 0.3 is 0 Å². The molecule has 0 aliphatic heterocycles. The van der Waals surface area contributed by atoms with Crippen LogP contribution < -0.4 is 10.0 Å². The first-order chi connectivity index (χ1) is 9.83. The van der Waals surface area contributed by atoms with E-state index in [4.69, 9.17) is 0 Å². The van der Waals surface area contributed by atoms with Crippen molar-refractivity contribution in [2.75, 3.05) is 16.3 Å². The Morgan fingerprint density at radius 1 is 1.05 bits per heavy atom. The average Bonchev–Trinajstić information content (AvgIpc) is 2.40. The Morgan fingerprint density at radius 3 is 2.14 bits per heavy atom. The number of pyridine rings is 1. The number of benzene rings is 1. The third kappa shape index (κ3) is 4.57. The number of sulfonamides is 1. The summed E-state index contributed by atoms with van der Waals surface area (Å²) in [6.45, 7) is 1.51. The van der Waals surface area contributed by atoms with Gasteiger partial charge in [0.15, 0.2) is 5.78 Å². The van der Waals surface area contributed by atoms with Crippen LogP contribution >= 0.6 is 0 Å². The topological polar surface area (TPSA) is 88.2 Å². The minimum Gasteiger partial charge on any atom is -0.354 e. The van der Waals surface area contributed by atoms with Crippen LogP contribution in [0.25, 0.3) is 0 Å². The number of ketones is 1. The van der Waals surface area contributed by atoms with Crippen LogP contribution in [0.2, 0.25) is 0 Å². The Hall–Kier alpha value is -2.41. The maximum atomic E-state index is 11.2. The Morgan fingerprint density at radius 2 is 1.67 bits per heavy atom. The molecule has 7 heteroatoms. The molecule has 0 aliphatic carbocycles. The number of hydrogen-bond donors (Lipinski definition) is 2. The van der Waals surface area contributed by atoms with Crippen LogP contribution in [0.3, 0.4) is 0 Å². The van der Waals surface area contributed by atoms with Gasteiger partial charge in [-0.25, -0.2) is 13.4 Å². The molecule has 0 bridgehead atoms. The van der Waals surface area contributed by atoms with Gasteiger partial charge in [-0.05, 0) is 43.3 Å². The Kier molecular flexibility index (Phi) is 4.23. The van der Waals surface area contributed by atoms with Gasteiger partial charge in [0.25, 0.3) is 0 Å². The van der Waals surface area contributed by atoms with E-state index in [-0.39, 0.29) is 11.6 Å². The van der Waals surface area contributed by atoms with Gasteiger partial charge in [0, 0.05) is 11.3 Å². The molecule has 0 saturated carbocycles. The molecule has 6 nitrogen and oxygen atoms in total.